The van der Waals surface area contributed by atoms with Crippen molar-refractivity contribution in [2.45, 2.75) is 45.1 Å². The first kappa shape index (κ1) is 12.6. The van der Waals surface area contributed by atoms with Crippen molar-refractivity contribution in [2.75, 3.05) is 5.32 Å². The van der Waals surface area contributed by atoms with Gasteiger partial charge in [-0.05, 0) is 30.4 Å². The maximum absolute atomic E-state index is 4.57. The quantitative estimate of drug-likeness (QED) is 0.913. The van der Waals surface area contributed by atoms with Gasteiger partial charge in [0.1, 0.15) is 5.82 Å². The maximum atomic E-state index is 4.57. The van der Waals surface area contributed by atoms with Gasteiger partial charge in [-0.3, -0.25) is 0 Å². The van der Waals surface area contributed by atoms with E-state index in [-0.39, 0.29) is 0 Å². The zero-order valence-corrected chi connectivity index (χ0v) is 12.2. The Labute approximate surface area is 118 Å². The fraction of sp³-hybridized carbons (Fsp3) is 0.467. The molecule has 1 unspecified atom stereocenters. The molecule has 0 bridgehead atoms. The van der Waals surface area contributed by atoms with Crippen LogP contribution in [0.3, 0.4) is 0 Å². The summed E-state index contributed by atoms with van der Waals surface area (Å²) < 4.78 is 4.41. The van der Waals surface area contributed by atoms with E-state index in [1.807, 2.05) is 0 Å². The summed E-state index contributed by atoms with van der Waals surface area (Å²) in [6.45, 7) is 4.25. The van der Waals surface area contributed by atoms with Crippen molar-refractivity contribution in [3.05, 3.63) is 41.2 Å². The number of aryl methyl sites for hydroxylation is 1. The molecule has 100 valence electrons. The topological polar surface area (TPSA) is 37.8 Å². The molecule has 0 fully saturated rings. The Bertz CT molecular complexity index is 562. The van der Waals surface area contributed by atoms with Crippen LogP contribution in [-0.2, 0) is 6.42 Å². The minimum atomic E-state index is 0.387. The average molecular weight is 273 g/mol. The molecule has 2 aromatic rings. The largest absolute Gasteiger partial charge is 0.353 e. The number of rotatable bonds is 3. The fourth-order valence-corrected chi connectivity index (χ4v) is 3.34. The molecule has 1 aromatic carbocycles. The third-order valence-corrected chi connectivity index (χ3v) is 4.29. The first-order chi connectivity index (χ1) is 9.24. The molecule has 1 atom stereocenters. The van der Waals surface area contributed by atoms with Crippen molar-refractivity contribution in [1.29, 1.82) is 0 Å². The Morgan fingerprint density at radius 1 is 1.32 bits per heavy atom. The molecule has 0 saturated heterocycles. The summed E-state index contributed by atoms with van der Waals surface area (Å²) in [7, 11) is 0. The second kappa shape index (κ2) is 5.29. The van der Waals surface area contributed by atoms with Crippen LogP contribution in [0.25, 0.3) is 0 Å². The highest BCUT2D eigenvalue weighted by molar-refractivity contribution is 7.09. The Hall–Kier alpha value is -1.42. The van der Waals surface area contributed by atoms with Crippen LogP contribution in [0.5, 0.6) is 0 Å². The van der Waals surface area contributed by atoms with Crippen LogP contribution in [0, 0.1) is 0 Å². The van der Waals surface area contributed by atoms with E-state index in [2.05, 4.69) is 52.8 Å². The lowest BCUT2D eigenvalue weighted by Crippen LogP contribution is -2.17. The Morgan fingerprint density at radius 2 is 2.16 bits per heavy atom. The molecule has 1 aliphatic carbocycles. The van der Waals surface area contributed by atoms with Gasteiger partial charge in [-0.15, -0.1) is 0 Å². The number of nitrogens with zero attached hydrogens (tertiary/aromatic N) is 2. The molecular formula is C15H19N3S. The predicted octanol–water partition coefficient (Wildman–Crippen LogP) is 4.15. The summed E-state index contributed by atoms with van der Waals surface area (Å²) in [5, 5.41) is 4.51. The van der Waals surface area contributed by atoms with Crippen molar-refractivity contribution >= 4 is 16.7 Å². The summed E-state index contributed by atoms with van der Waals surface area (Å²) in [6.07, 6.45) is 3.61. The van der Waals surface area contributed by atoms with Crippen LogP contribution in [-0.4, -0.2) is 9.36 Å². The zero-order chi connectivity index (χ0) is 13.2. The Kier molecular flexibility index (Phi) is 3.51. The van der Waals surface area contributed by atoms with Gasteiger partial charge in [0.15, 0.2) is 0 Å². The van der Waals surface area contributed by atoms with E-state index in [4.69, 9.17) is 0 Å². The first-order valence-corrected chi connectivity index (χ1v) is 7.69. The highest BCUT2D eigenvalue weighted by Crippen LogP contribution is 2.33. The molecule has 0 saturated carbocycles. The van der Waals surface area contributed by atoms with E-state index < -0.39 is 0 Å². The van der Waals surface area contributed by atoms with Crippen LogP contribution in [0.15, 0.2) is 24.3 Å². The Morgan fingerprint density at radius 3 is 2.95 bits per heavy atom. The van der Waals surface area contributed by atoms with Gasteiger partial charge in [-0.2, -0.15) is 4.37 Å². The standard InChI is InChI=1S/C15H19N3S/c1-10(2)14-17-15(19-18-14)16-13-9-5-7-11-6-3-4-8-12(11)13/h3-4,6,8,10,13H,5,7,9H2,1-2H3,(H,16,17,18). The van der Waals surface area contributed by atoms with Gasteiger partial charge in [0.2, 0.25) is 5.13 Å². The van der Waals surface area contributed by atoms with Gasteiger partial charge in [0, 0.05) is 17.5 Å². The van der Waals surface area contributed by atoms with Gasteiger partial charge in [0.05, 0.1) is 6.04 Å². The molecular weight excluding hydrogens is 254 g/mol. The normalized spacial score (nSPS) is 18.4. The molecule has 0 radical (unpaired) electrons. The molecule has 1 aromatic heterocycles. The SMILES string of the molecule is CC(C)c1nsc(NC2CCCc3ccccc32)n1. The highest BCUT2D eigenvalue weighted by Gasteiger charge is 2.20. The molecule has 3 rings (SSSR count). The molecule has 0 spiro atoms. The molecule has 0 aliphatic heterocycles. The third kappa shape index (κ3) is 2.63. The lowest BCUT2D eigenvalue weighted by atomic mass is 9.88. The number of nitrogens with one attached hydrogen (secondary N) is 1. The van der Waals surface area contributed by atoms with Crippen LogP contribution >= 0.6 is 11.5 Å². The van der Waals surface area contributed by atoms with E-state index >= 15 is 0 Å². The molecule has 4 heteroatoms. The molecule has 1 N–H and O–H groups in total. The van der Waals surface area contributed by atoms with E-state index in [0.717, 1.165) is 11.0 Å². The van der Waals surface area contributed by atoms with Crippen molar-refractivity contribution < 1.29 is 0 Å². The summed E-state index contributed by atoms with van der Waals surface area (Å²) in [5.41, 5.74) is 2.90. The van der Waals surface area contributed by atoms with E-state index in [0.29, 0.717) is 12.0 Å². The first-order valence-electron chi connectivity index (χ1n) is 6.92. The molecule has 0 amide bonds. The van der Waals surface area contributed by atoms with Gasteiger partial charge < -0.3 is 5.32 Å². The number of hydrogen-bond acceptors (Lipinski definition) is 4. The van der Waals surface area contributed by atoms with Crippen molar-refractivity contribution in [3.63, 3.8) is 0 Å². The van der Waals surface area contributed by atoms with Crippen LogP contribution in [0.1, 0.15) is 55.6 Å². The molecule has 19 heavy (non-hydrogen) atoms. The number of anilines is 1. The van der Waals surface area contributed by atoms with Gasteiger partial charge in [0.25, 0.3) is 0 Å². The summed E-state index contributed by atoms with van der Waals surface area (Å²) >= 11 is 1.47. The minimum absolute atomic E-state index is 0.387. The lowest BCUT2D eigenvalue weighted by molar-refractivity contribution is 0.599. The Balaban J connectivity index is 1.80. The van der Waals surface area contributed by atoms with Crippen LogP contribution in [0.2, 0.25) is 0 Å². The van der Waals surface area contributed by atoms with E-state index in [1.54, 1.807) is 0 Å². The second-order valence-electron chi connectivity index (χ2n) is 5.40. The van der Waals surface area contributed by atoms with Crippen LogP contribution < -0.4 is 5.32 Å². The van der Waals surface area contributed by atoms with Crippen LogP contribution in [0.4, 0.5) is 5.13 Å². The molecule has 1 aliphatic rings. The minimum Gasteiger partial charge on any atom is -0.353 e. The smallest absolute Gasteiger partial charge is 0.203 e. The summed E-state index contributed by atoms with van der Waals surface area (Å²) in [5.74, 6) is 1.34. The van der Waals surface area contributed by atoms with Gasteiger partial charge in [-0.25, -0.2) is 4.98 Å². The zero-order valence-electron chi connectivity index (χ0n) is 11.4. The maximum Gasteiger partial charge on any atom is 0.203 e. The average Bonchev–Trinajstić information content (AvgIpc) is 2.88. The number of fused-ring (bicyclic) bond motifs is 1. The lowest BCUT2D eigenvalue weighted by Gasteiger charge is -2.25. The van der Waals surface area contributed by atoms with Gasteiger partial charge >= 0.3 is 0 Å². The second-order valence-corrected chi connectivity index (χ2v) is 6.15. The van der Waals surface area contributed by atoms with E-state index in [1.165, 1.54) is 41.9 Å². The predicted molar refractivity (Wildman–Crippen MR) is 79.7 cm³/mol. The van der Waals surface area contributed by atoms with E-state index in [9.17, 15) is 0 Å². The van der Waals surface area contributed by atoms with Gasteiger partial charge in [-0.1, -0.05) is 38.1 Å². The van der Waals surface area contributed by atoms with Crippen molar-refractivity contribution in [3.8, 4) is 0 Å². The number of aromatic nitrogens is 2. The monoisotopic (exact) mass is 273 g/mol. The molecule has 1 heterocycles. The van der Waals surface area contributed by atoms with Crippen molar-refractivity contribution in [1.82, 2.24) is 9.36 Å². The number of hydrogen-bond donors (Lipinski definition) is 1. The molecule has 3 nitrogen and oxygen atoms in total. The summed E-state index contributed by atoms with van der Waals surface area (Å²) in [4.78, 5) is 4.57. The number of benzene rings is 1. The van der Waals surface area contributed by atoms with Crippen molar-refractivity contribution in [2.24, 2.45) is 0 Å². The highest BCUT2D eigenvalue weighted by atomic mass is 32.1. The summed E-state index contributed by atoms with van der Waals surface area (Å²) in [6, 6.07) is 9.11. The fourth-order valence-electron chi connectivity index (χ4n) is 2.58. The third-order valence-electron chi connectivity index (χ3n) is 3.63.